The molecular formula is C15H29NO. The van der Waals surface area contributed by atoms with Crippen LogP contribution in [0, 0.1) is 5.41 Å². The first kappa shape index (κ1) is 13.4. The van der Waals surface area contributed by atoms with Gasteiger partial charge in [-0.2, -0.15) is 0 Å². The Morgan fingerprint density at radius 3 is 2.18 bits per heavy atom. The molecule has 2 fully saturated rings. The first-order valence-electron chi connectivity index (χ1n) is 7.51. The van der Waals surface area contributed by atoms with Crippen LogP contribution >= 0.6 is 0 Å². The summed E-state index contributed by atoms with van der Waals surface area (Å²) in [5.41, 5.74) is 0.517. The highest BCUT2D eigenvalue weighted by Gasteiger charge is 2.32. The van der Waals surface area contributed by atoms with Crippen molar-refractivity contribution in [2.75, 3.05) is 13.1 Å². The van der Waals surface area contributed by atoms with Gasteiger partial charge < -0.3 is 5.11 Å². The van der Waals surface area contributed by atoms with Crippen LogP contribution < -0.4 is 0 Å². The van der Waals surface area contributed by atoms with Crippen molar-refractivity contribution in [3.63, 3.8) is 0 Å². The van der Waals surface area contributed by atoms with Crippen molar-refractivity contribution < 1.29 is 5.11 Å². The molecule has 1 aliphatic carbocycles. The summed E-state index contributed by atoms with van der Waals surface area (Å²) in [7, 11) is 0. The van der Waals surface area contributed by atoms with Crippen molar-refractivity contribution in [3.05, 3.63) is 0 Å². The zero-order chi connectivity index (χ0) is 12.3. The summed E-state index contributed by atoms with van der Waals surface area (Å²) in [4.78, 5) is 2.57. The minimum absolute atomic E-state index is 0.0727. The predicted molar refractivity (Wildman–Crippen MR) is 72.1 cm³/mol. The van der Waals surface area contributed by atoms with Crippen molar-refractivity contribution in [1.29, 1.82) is 0 Å². The third-order valence-electron chi connectivity index (χ3n) is 4.81. The van der Waals surface area contributed by atoms with Crippen molar-refractivity contribution >= 4 is 0 Å². The van der Waals surface area contributed by atoms with Gasteiger partial charge >= 0.3 is 0 Å². The van der Waals surface area contributed by atoms with E-state index in [9.17, 15) is 5.11 Å². The molecule has 1 N–H and O–H groups in total. The number of nitrogens with zero attached hydrogens (tertiary/aromatic N) is 1. The molecule has 2 unspecified atom stereocenters. The lowest BCUT2D eigenvalue weighted by Gasteiger charge is -2.43. The van der Waals surface area contributed by atoms with Crippen molar-refractivity contribution in [3.8, 4) is 0 Å². The number of hydrogen-bond acceptors (Lipinski definition) is 2. The summed E-state index contributed by atoms with van der Waals surface area (Å²) < 4.78 is 0. The van der Waals surface area contributed by atoms with Crippen LogP contribution in [0.4, 0.5) is 0 Å². The largest absolute Gasteiger partial charge is 0.391 e. The Kier molecular flexibility index (Phi) is 4.48. The van der Waals surface area contributed by atoms with Crippen molar-refractivity contribution in [1.82, 2.24) is 4.90 Å². The van der Waals surface area contributed by atoms with Crippen LogP contribution in [0.3, 0.4) is 0 Å². The van der Waals surface area contributed by atoms with E-state index in [1.807, 2.05) is 0 Å². The van der Waals surface area contributed by atoms with Gasteiger partial charge in [0.15, 0.2) is 0 Å². The van der Waals surface area contributed by atoms with Gasteiger partial charge in [-0.05, 0) is 44.2 Å². The third-order valence-corrected chi connectivity index (χ3v) is 4.81. The van der Waals surface area contributed by atoms with Crippen LogP contribution in [0.15, 0.2) is 0 Å². The van der Waals surface area contributed by atoms with E-state index in [4.69, 9.17) is 0 Å². The van der Waals surface area contributed by atoms with E-state index in [0.717, 1.165) is 6.42 Å². The predicted octanol–water partition coefficient (Wildman–Crippen LogP) is 3.19. The minimum Gasteiger partial charge on any atom is -0.391 e. The SMILES string of the molecule is CC1(C)CCN(C2CCCCCCC2O)CC1. The third kappa shape index (κ3) is 3.69. The van der Waals surface area contributed by atoms with Gasteiger partial charge in [0.2, 0.25) is 0 Å². The zero-order valence-corrected chi connectivity index (χ0v) is 11.6. The van der Waals surface area contributed by atoms with E-state index in [2.05, 4.69) is 18.7 Å². The highest BCUT2D eigenvalue weighted by Crippen LogP contribution is 2.32. The Bertz CT molecular complexity index is 229. The standard InChI is InChI=1S/C15H29NO/c1-15(2)9-11-16(12-10-15)13-7-5-3-4-6-8-14(13)17/h13-14,17H,3-12H2,1-2H3. The average Bonchev–Trinajstić information content (AvgIpc) is 2.26. The van der Waals surface area contributed by atoms with Crippen molar-refractivity contribution in [2.45, 2.75) is 77.4 Å². The Hall–Kier alpha value is -0.0800. The second-order valence-electron chi connectivity index (χ2n) is 6.83. The fourth-order valence-corrected chi connectivity index (χ4v) is 3.33. The minimum atomic E-state index is -0.0727. The fraction of sp³-hybridized carbons (Fsp3) is 1.00. The van der Waals surface area contributed by atoms with E-state index < -0.39 is 0 Å². The summed E-state index contributed by atoms with van der Waals surface area (Å²) in [6, 6.07) is 0.450. The second kappa shape index (κ2) is 5.71. The van der Waals surface area contributed by atoms with E-state index in [1.54, 1.807) is 0 Å². The number of aliphatic hydroxyl groups excluding tert-OH is 1. The monoisotopic (exact) mass is 239 g/mol. The molecule has 17 heavy (non-hydrogen) atoms. The van der Waals surface area contributed by atoms with Crippen molar-refractivity contribution in [2.24, 2.45) is 5.41 Å². The lowest BCUT2D eigenvalue weighted by atomic mass is 9.81. The Labute approximate surface area is 106 Å². The molecular weight excluding hydrogens is 210 g/mol. The van der Waals surface area contributed by atoms with Gasteiger partial charge in [-0.3, -0.25) is 4.90 Å². The number of rotatable bonds is 1. The van der Waals surface area contributed by atoms with Gasteiger partial charge in [-0.25, -0.2) is 0 Å². The Balaban J connectivity index is 1.90. The van der Waals surface area contributed by atoms with E-state index >= 15 is 0 Å². The molecule has 1 heterocycles. The zero-order valence-electron chi connectivity index (χ0n) is 11.6. The molecule has 0 aromatic heterocycles. The van der Waals surface area contributed by atoms with Gasteiger partial charge in [-0.1, -0.05) is 39.5 Å². The lowest BCUT2D eigenvalue weighted by Crippen LogP contribution is -2.49. The molecule has 1 aliphatic heterocycles. The average molecular weight is 239 g/mol. The molecule has 0 aromatic rings. The quantitative estimate of drug-likeness (QED) is 0.759. The summed E-state index contributed by atoms with van der Waals surface area (Å²) in [6.45, 7) is 7.13. The fourth-order valence-electron chi connectivity index (χ4n) is 3.33. The van der Waals surface area contributed by atoms with E-state index in [-0.39, 0.29) is 6.10 Å². The van der Waals surface area contributed by atoms with Crippen LogP contribution in [-0.2, 0) is 0 Å². The van der Waals surface area contributed by atoms with Gasteiger partial charge in [0.1, 0.15) is 0 Å². The van der Waals surface area contributed by atoms with Crippen LogP contribution in [0.5, 0.6) is 0 Å². The molecule has 0 radical (unpaired) electrons. The highest BCUT2D eigenvalue weighted by molar-refractivity contribution is 4.86. The molecule has 0 bridgehead atoms. The molecule has 2 rings (SSSR count). The van der Waals surface area contributed by atoms with Gasteiger partial charge in [0.25, 0.3) is 0 Å². The summed E-state index contributed by atoms with van der Waals surface area (Å²) >= 11 is 0. The van der Waals surface area contributed by atoms with Gasteiger partial charge in [-0.15, -0.1) is 0 Å². The molecule has 1 saturated carbocycles. The Morgan fingerprint density at radius 1 is 0.941 bits per heavy atom. The number of hydrogen-bond donors (Lipinski definition) is 1. The van der Waals surface area contributed by atoms with E-state index in [1.165, 1.54) is 58.0 Å². The number of piperidine rings is 1. The second-order valence-corrected chi connectivity index (χ2v) is 6.83. The van der Waals surface area contributed by atoms with Crippen LogP contribution in [0.1, 0.15) is 65.2 Å². The summed E-state index contributed by atoms with van der Waals surface area (Å²) in [6.07, 6.45) is 9.94. The molecule has 2 atom stereocenters. The number of likely N-dealkylation sites (tertiary alicyclic amines) is 1. The summed E-state index contributed by atoms with van der Waals surface area (Å²) in [5, 5.41) is 10.3. The lowest BCUT2D eigenvalue weighted by molar-refractivity contribution is 0.00303. The maximum absolute atomic E-state index is 10.3. The highest BCUT2D eigenvalue weighted by atomic mass is 16.3. The van der Waals surface area contributed by atoms with Gasteiger partial charge in [0, 0.05) is 6.04 Å². The van der Waals surface area contributed by atoms with E-state index in [0.29, 0.717) is 11.5 Å². The smallest absolute Gasteiger partial charge is 0.0695 e. The molecule has 0 amide bonds. The topological polar surface area (TPSA) is 23.5 Å². The van der Waals surface area contributed by atoms with Crippen LogP contribution in [0.25, 0.3) is 0 Å². The Morgan fingerprint density at radius 2 is 1.53 bits per heavy atom. The maximum atomic E-state index is 10.3. The molecule has 2 aliphatic rings. The normalized spacial score (nSPS) is 36.2. The first-order chi connectivity index (χ1) is 8.08. The molecule has 2 nitrogen and oxygen atoms in total. The first-order valence-corrected chi connectivity index (χ1v) is 7.51. The molecule has 1 saturated heterocycles. The molecule has 2 heteroatoms. The number of aliphatic hydroxyl groups is 1. The molecule has 100 valence electrons. The van der Waals surface area contributed by atoms with Crippen LogP contribution in [-0.4, -0.2) is 35.2 Å². The maximum Gasteiger partial charge on any atom is 0.0695 e. The van der Waals surface area contributed by atoms with Crippen LogP contribution in [0.2, 0.25) is 0 Å². The van der Waals surface area contributed by atoms with Gasteiger partial charge in [0.05, 0.1) is 6.10 Å². The summed E-state index contributed by atoms with van der Waals surface area (Å²) in [5.74, 6) is 0. The molecule has 0 spiro atoms. The molecule has 0 aromatic carbocycles.